The highest BCUT2D eigenvalue weighted by molar-refractivity contribution is 5.87. The highest BCUT2D eigenvalue weighted by Gasteiger charge is 2.23. The second kappa shape index (κ2) is 2.90. The number of aliphatic carboxylic acids is 1. The van der Waals surface area contributed by atoms with E-state index in [2.05, 4.69) is 10.5 Å². The van der Waals surface area contributed by atoms with Crippen molar-refractivity contribution in [3.05, 3.63) is 35.4 Å². The third-order valence-electron chi connectivity index (χ3n) is 1.96. The molecule has 0 spiro atoms. The molecule has 0 bridgehead atoms. The molecule has 2 N–H and O–H groups in total. The number of nitrogens with one attached hydrogen (secondary N) is 1. The molecule has 4 heteroatoms. The molecule has 4 nitrogen and oxygen atoms in total. The van der Waals surface area contributed by atoms with Crippen LogP contribution in [0, 0.1) is 0 Å². The molecule has 1 aliphatic heterocycles. The van der Waals surface area contributed by atoms with Gasteiger partial charge < -0.3 is 5.11 Å². The van der Waals surface area contributed by atoms with Crippen molar-refractivity contribution in [1.29, 1.82) is 0 Å². The highest BCUT2D eigenvalue weighted by atomic mass is 16.4. The van der Waals surface area contributed by atoms with Crippen LogP contribution in [0.4, 0.5) is 0 Å². The van der Waals surface area contributed by atoms with E-state index >= 15 is 0 Å². The summed E-state index contributed by atoms with van der Waals surface area (Å²) in [5.41, 5.74) is 4.15. The molecule has 1 aromatic carbocycles. The van der Waals surface area contributed by atoms with Crippen molar-refractivity contribution in [3.8, 4) is 0 Å². The number of nitrogens with zero attached hydrogens (tertiary/aromatic N) is 1. The Bertz CT molecular complexity index is 374. The van der Waals surface area contributed by atoms with Crippen molar-refractivity contribution < 1.29 is 9.90 Å². The summed E-state index contributed by atoms with van der Waals surface area (Å²) in [5.74, 6) is -0.913. The van der Waals surface area contributed by atoms with Gasteiger partial charge in [0, 0.05) is 5.56 Å². The maximum atomic E-state index is 10.8. The Morgan fingerprint density at radius 3 is 3.00 bits per heavy atom. The molecule has 1 aliphatic rings. The van der Waals surface area contributed by atoms with Crippen LogP contribution in [-0.2, 0) is 4.79 Å². The summed E-state index contributed by atoms with van der Waals surface area (Å²) in [6, 6.07) is 6.58. The Hall–Kier alpha value is -1.84. The maximum Gasteiger partial charge on any atom is 0.332 e. The van der Waals surface area contributed by atoms with Gasteiger partial charge in [-0.25, -0.2) is 4.79 Å². The van der Waals surface area contributed by atoms with Gasteiger partial charge in [-0.15, -0.1) is 0 Å². The van der Waals surface area contributed by atoms with Crippen LogP contribution in [0.15, 0.2) is 29.4 Å². The first-order chi connectivity index (χ1) is 6.29. The molecule has 0 aliphatic carbocycles. The van der Waals surface area contributed by atoms with Crippen molar-refractivity contribution in [2.24, 2.45) is 5.10 Å². The molecule has 0 amide bonds. The standard InChI is InChI=1S/C9H8N2O2/c12-9(13)8-7-4-2-1-3-6(7)5-10-11-8/h1-5,8,11H,(H,12,13). The van der Waals surface area contributed by atoms with Crippen LogP contribution in [0.25, 0.3) is 0 Å². The van der Waals surface area contributed by atoms with E-state index in [1.165, 1.54) is 0 Å². The molecule has 0 saturated carbocycles. The van der Waals surface area contributed by atoms with E-state index in [4.69, 9.17) is 5.11 Å². The van der Waals surface area contributed by atoms with Crippen molar-refractivity contribution >= 4 is 12.2 Å². The topological polar surface area (TPSA) is 61.7 Å². The molecule has 0 aromatic heterocycles. The van der Waals surface area contributed by atoms with E-state index in [1.807, 2.05) is 18.2 Å². The summed E-state index contributed by atoms with van der Waals surface area (Å²) in [5, 5.41) is 12.6. The van der Waals surface area contributed by atoms with E-state index in [0.29, 0.717) is 0 Å². The van der Waals surface area contributed by atoms with Crippen molar-refractivity contribution in [1.82, 2.24) is 5.43 Å². The zero-order valence-electron chi connectivity index (χ0n) is 6.77. The van der Waals surface area contributed by atoms with E-state index in [0.717, 1.165) is 11.1 Å². The summed E-state index contributed by atoms with van der Waals surface area (Å²) in [6.07, 6.45) is 1.62. The summed E-state index contributed by atoms with van der Waals surface area (Å²) < 4.78 is 0. The van der Waals surface area contributed by atoms with Gasteiger partial charge in [-0.1, -0.05) is 24.3 Å². The lowest BCUT2D eigenvalue weighted by Gasteiger charge is -2.18. The van der Waals surface area contributed by atoms with Gasteiger partial charge in [0.2, 0.25) is 0 Å². The van der Waals surface area contributed by atoms with Crippen LogP contribution >= 0.6 is 0 Å². The quantitative estimate of drug-likeness (QED) is 0.663. The number of rotatable bonds is 1. The molecule has 2 rings (SSSR count). The zero-order valence-corrected chi connectivity index (χ0v) is 6.77. The summed E-state index contributed by atoms with van der Waals surface area (Å²) in [7, 11) is 0. The molecule has 0 fully saturated rings. The molecule has 1 aromatic rings. The van der Waals surface area contributed by atoms with Gasteiger partial charge in [-0.2, -0.15) is 5.10 Å². The molecule has 0 radical (unpaired) electrons. The first-order valence-electron chi connectivity index (χ1n) is 3.89. The number of carbonyl (C=O) groups is 1. The minimum absolute atomic E-state index is 0.721. The Kier molecular flexibility index (Phi) is 1.73. The van der Waals surface area contributed by atoms with Gasteiger partial charge in [0.15, 0.2) is 6.04 Å². The third kappa shape index (κ3) is 1.26. The lowest BCUT2D eigenvalue weighted by Crippen LogP contribution is -2.28. The number of carboxylic acid groups (broad SMARTS) is 1. The number of carboxylic acids is 1. The average Bonchev–Trinajstić information content (AvgIpc) is 2.17. The molecule has 1 heterocycles. The van der Waals surface area contributed by atoms with E-state index < -0.39 is 12.0 Å². The Balaban J connectivity index is 2.49. The van der Waals surface area contributed by atoms with Gasteiger partial charge in [-0.05, 0) is 5.56 Å². The molecule has 1 unspecified atom stereocenters. The Labute approximate surface area is 74.9 Å². The number of hydrogen-bond acceptors (Lipinski definition) is 3. The lowest BCUT2D eigenvalue weighted by atomic mass is 10.0. The second-order valence-corrected chi connectivity index (χ2v) is 2.79. The van der Waals surface area contributed by atoms with Crippen LogP contribution in [0.3, 0.4) is 0 Å². The summed E-state index contributed by atoms with van der Waals surface area (Å²) >= 11 is 0. The highest BCUT2D eigenvalue weighted by Crippen LogP contribution is 2.19. The SMILES string of the molecule is O=C(O)C1NN=Cc2ccccc21. The fourth-order valence-corrected chi connectivity index (χ4v) is 1.33. The molecular weight excluding hydrogens is 168 g/mol. The molecule has 0 saturated heterocycles. The van der Waals surface area contributed by atoms with E-state index in [9.17, 15) is 4.79 Å². The van der Waals surface area contributed by atoms with Gasteiger partial charge in [0.25, 0.3) is 0 Å². The van der Waals surface area contributed by atoms with Crippen LogP contribution in [0.5, 0.6) is 0 Å². The second-order valence-electron chi connectivity index (χ2n) is 2.79. The van der Waals surface area contributed by atoms with Crippen molar-refractivity contribution in [3.63, 3.8) is 0 Å². The van der Waals surface area contributed by atoms with E-state index in [-0.39, 0.29) is 0 Å². The normalized spacial score (nSPS) is 18.9. The van der Waals surface area contributed by atoms with Crippen LogP contribution in [-0.4, -0.2) is 17.3 Å². The number of fused-ring (bicyclic) bond motifs is 1. The average molecular weight is 176 g/mol. The number of benzene rings is 1. The van der Waals surface area contributed by atoms with Crippen molar-refractivity contribution in [2.45, 2.75) is 6.04 Å². The summed E-state index contributed by atoms with van der Waals surface area (Å²) in [4.78, 5) is 10.8. The molecular formula is C9H8N2O2. The first-order valence-corrected chi connectivity index (χ1v) is 3.89. The van der Waals surface area contributed by atoms with Crippen LogP contribution in [0.2, 0.25) is 0 Å². The fraction of sp³-hybridized carbons (Fsp3) is 0.111. The molecule has 66 valence electrons. The lowest BCUT2D eigenvalue weighted by molar-refractivity contribution is -0.139. The van der Waals surface area contributed by atoms with Crippen LogP contribution in [0.1, 0.15) is 17.2 Å². The monoisotopic (exact) mass is 176 g/mol. The number of hydrazone groups is 1. The molecule has 1 atom stereocenters. The third-order valence-corrected chi connectivity index (χ3v) is 1.96. The minimum Gasteiger partial charge on any atom is -0.479 e. The molecule has 13 heavy (non-hydrogen) atoms. The smallest absolute Gasteiger partial charge is 0.332 e. The zero-order chi connectivity index (χ0) is 9.26. The van der Waals surface area contributed by atoms with Gasteiger partial charge in [0.05, 0.1) is 6.21 Å². The van der Waals surface area contributed by atoms with Gasteiger partial charge in [-0.3, -0.25) is 5.43 Å². The predicted molar refractivity (Wildman–Crippen MR) is 47.5 cm³/mol. The minimum atomic E-state index is -0.913. The van der Waals surface area contributed by atoms with E-state index in [1.54, 1.807) is 12.3 Å². The maximum absolute atomic E-state index is 10.8. The fourth-order valence-electron chi connectivity index (χ4n) is 1.33. The van der Waals surface area contributed by atoms with Crippen molar-refractivity contribution in [2.75, 3.05) is 0 Å². The predicted octanol–water partition coefficient (Wildman–Crippen LogP) is 0.749. The largest absolute Gasteiger partial charge is 0.479 e. The first kappa shape index (κ1) is 7.79. The number of hydrogen-bond donors (Lipinski definition) is 2. The van der Waals surface area contributed by atoms with Gasteiger partial charge >= 0.3 is 5.97 Å². The Morgan fingerprint density at radius 2 is 2.23 bits per heavy atom. The van der Waals surface area contributed by atoms with Crippen LogP contribution < -0.4 is 5.43 Å². The summed E-state index contributed by atoms with van der Waals surface area (Å²) in [6.45, 7) is 0. The van der Waals surface area contributed by atoms with Gasteiger partial charge in [0.1, 0.15) is 0 Å². The Morgan fingerprint density at radius 1 is 1.46 bits per heavy atom.